The van der Waals surface area contributed by atoms with Gasteiger partial charge in [0.1, 0.15) is 12.5 Å². The fourth-order valence-corrected chi connectivity index (χ4v) is 4.88. The van der Waals surface area contributed by atoms with E-state index in [4.69, 9.17) is 0 Å². The van der Waals surface area contributed by atoms with Crippen LogP contribution in [0.4, 0.5) is 10.2 Å². The Labute approximate surface area is 192 Å². The van der Waals surface area contributed by atoms with Gasteiger partial charge in [-0.3, -0.25) is 9.59 Å². The van der Waals surface area contributed by atoms with Crippen molar-refractivity contribution in [2.24, 2.45) is 0 Å². The summed E-state index contributed by atoms with van der Waals surface area (Å²) in [6.07, 6.45) is 0. The smallest absolute Gasteiger partial charge is 0.280 e. The van der Waals surface area contributed by atoms with Crippen molar-refractivity contribution in [1.82, 2.24) is 14.3 Å². The summed E-state index contributed by atoms with van der Waals surface area (Å²) >= 11 is 1.40. The molecule has 0 radical (unpaired) electrons. The number of nitrogens with one attached hydrogen (secondary N) is 1. The maximum Gasteiger partial charge on any atom is 0.280 e. The molecule has 0 unspecified atom stereocenters. The first-order chi connectivity index (χ1) is 16.0. The SMILES string of the molecule is Cc1ccc(-n2nc(C(=O)Nc3cc4ccccc4n3CC[18F])c3csc(C)c3c2=O)cc1. The standard InChI is InChI=1S/C25H21FN4O2S/c1-15-7-9-18(10-8-15)30-25(32)22-16(2)33-14-19(22)23(28-30)24(31)27-21-13-17-5-3-4-6-20(17)29(21)12-11-26/h3-10,13-14H,11-12H2,1-2H3,(H,27,31)/i26-1. The number of para-hydroxylation sites is 1. The van der Waals surface area contributed by atoms with Crippen molar-refractivity contribution < 1.29 is 9.18 Å². The summed E-state index contributed by atoms with van der Waals surface area (Å²) in [6, 6.07) is 16.8. The molecule has 0 aliphatic heterocycles. The van der Waals surface area contributed by atoms with Gasteiger partial charge in [-0.15, -0.1) is 11.3 Å². The molecule has 1 amide bonds. The van der Waals surface area contributed by atoms with Gasteiger partial charge >= 0.3 is 0 Å². The number of nitrogens with zero attached hydrogens (tertiary/aromatic N) is 3. The number of carbonyl (C=O) groups is 1. The molecule has 8 heteroatoms. The number of aryl methyl sites for hydroxylation is 3. The number of benzene rings is 2. The Morgan fingerprint density at radius 2 is 1.88 bits per heavy atom. The fraction of sp³-hybridized carbons (Fsp3) is 0.160. The second-order valence-corrected chi connectivity index (χ2v) is 8.95. The van der Waals surface area contributed by atoms with Crippen LogP contribution in [0.15, 0.2) is 64.8 Å². The number of hydrogen-bond acceptors (Lipinski definition) is 4. The predicted molar refractivity (Wildman–Crippen MR) is 131 cm³/mol. The summed E-state index contributed by atoms with van der Waals surface area (Å²) in [6.45, 7) is 3.37. The Kier molecular flexibility index (Phi) is 5.30. The molecule has 0 bridgehead atoms. The summed E-state index contributed by atoms with van der Waals surface area (Å²) in [5.41, 5.74) is 2.35. The Bertz CT molecular complexity index is 1560. The van der Waals surface area contributed by atoms with Gasteiger partial charge in [-0.1, -0.05) is 35.9 Å². The summed E-state index contributed by atoms with van der Waals surface area (Å²) < 4.78 is 16.3. The van der Waals surface area contributed by atoms with Crippen LogP contribution < -0.4 is 10.9 Å². The minimum atomic E-state index is -0.563. The molecule has 5 aromatic rings. The third-order valence-electron chi connectivity index (χ3n) is 5.69. The molecule has 3 heterocycles. The molecule has 0 aliphatic rings. The normalized spacial score (nSPS) is 11.4. The van der Waals surface area contributed by atoms with Crippen LogP contribution in [0, 0.1) is 13.8 Å². The largest absolute Gasteiger partial charge is 0.325 e. The summed E-state index contributed by atoms with van der Waals surface area (Å²) in [5.74, 6) is 0.0235. The van der Waals surface area contributed by atoms with Gasteiger partial charge in [0, 0.05) is 26.5 Å². The zero-order chi connectivity index (χ0) is 23.1. The molecule has 0 saturated heterocycles. The molecule has 33 heavy (non-hydrogen) atoms. The molecule has 6 nitrogen and oxygen atoms in total. The Morgan fingerprint density at radius 1 is 1.12 bits per heavy atom. The summed E-state index contributed by atoms with van der Waals surface area (Å²) in [5, 5.41) is 11.0. The quantitative estimate of drug-likeness (QED) is 0.391. The van der Waals surface area contributed by atoms with Gasteiger partial charge in [0.05, 0.1) is 17.6 Å². The highest BCUT2D eigenvalue weighted by atomic mass is 32.1. The maximum atomic E-state index is 13.4. The number of anilines is 1. The van der Waals surface area contributed by atoms with Gasteiger partial charge in [-0.05, 0) is 38.1 Å². The lowest BCUT2D eigenvalue weighted by atomic mass is 10.2. The highest BCUT2D eigenvalue weighted by molar-refractivity contribution is 7.11. The Hall–Kier alpha value is -3.78. The third-order valence-corrected chi connectivity index (χ3v) is 6.60. The van der Waals surface area contributed by atoms with Crippen molar-refractivity contribution in [3.05, 3.63) is 86.5 Å². The van der Waals surface area contributed by atoms with Crippen molar-refractivity contribution in [3.63, 3.8) is 0 Å². The van der Waals surface area contributed by atoms with E-state index in [1.165, 1.54) is 16.0 Å². The average molecular weight is 460 g/mol. The second kappa shape index (κ2) is 8.29. The summed E-state index contributed by atoms with van der Waals surface area (Å²) in [7, 11) is 0. The van der Waals surface area contributed by atoms with E-state index in [0.717, 1.165) is 21.3 Å². The summed E-state index contributed by atoms with van der Waals surface area (Å²) in [4.78, 5) is 27.5. The minimum absolute atomic E-state index is 0.117. The third kappa shape index (κ3) is 3.62. The monoisotopic (exact) mass is 459 g/mol. The van der Waals surface area contributed by atoms with E-state index in [-0.39, 0.29) is 17.8 Å². The first-order valence-corrected chi connectivity index (χ1v) is 11.4. The van der Waals surface area contributed by atoms with E-state index >= 15 is 0 Å². The van der Waals surface area contributed by atoms with Crippen molar-refractivity contribution in [2.75, 3.05) is 12.0 Å². The van der Waals surface area contributed by atoms with Crippen molar-refractivity contribution in [2.45, 2.75) is 20.4 Å². The van der Waals surface area contributed by atoms with Crippen LogP contribution in [0.1, 0.15) is 20.9 Å². The molecule has 166 valence electrons. The zero-order valence-electron chi connectivity index (χ0n) is 18.1. The van der Waals surface area contributed by atoms with Gasteiger partial charge < -0.3 is 9.88 Å². The number of halogens is 1. The van der Waals surface area contributed by atoms with Gasteiger partial charge in [0.15, 0.2) is 5.69 Å². The molecule has 3 aromatic heterocycles. The van der Waals surface area contributed by atoms with E-state index in [9.17, 15) is 14.0 Å². The topological polar surface area (TPSA) is 68.9 Å². The van der Waals surface area contributed by atoms with Crippen LogP contribution in [-0.4, -0.2) is 26.9 Å². The van der Waals surface area contributed by atoms with Crippen LogP contribution >= 0.6 is 11.3 Å². The molecule has 0 aliphatic carbocycles. The van der Waals surface area contributed by atoms with Crippen LogP contribution in [-0.2, 0) is 6.54 Å². The first kappa shape index (κ1) is 21.1. The first-order valence-electron chi connectivity index (χ1n) is 10.5. The predicted octanol–water partition coefficient (Wildman–Crippen LogP) is 5.24. The van der Waals surface area contributed by atoms with Gasteiger partial charge in [-0.2, -0.15) is 9.78 Å². The number of hydrogen-bond donors (Lipinski definition) is 1. The number of rotatable bonds is 5. The molecule has 0 fully saturated rings. The second-order valence-electron chi connectivity index (χ2n) is 7.86. The average Bonchev–Trinajstić information content (AvgIpc) is 3.36. The van der Waals surface area contributed by atoms with E-state index in [0.29, 0.717) is 22.3 Å². The lowest BCUT2D eigenvalue weighted by Gasteiger charge is -2.12. The number of aromatic nitrogens is 3. The molecule has 5 rings (SSSR count). The van der Waals surface area contributed by atoms with E-state index < -0.39 is 12.6 Å². The lowest BCUT2D eigenvalue weighted by Crippen LogP contribution is -2.26. The molecule has 0 saturated carbocycles. The molecular formula is C25H21FN4O2S. The van der Waals surface area contributed by atoms with Crippen LogP contribution in [0.25, 0.3) is 27.4 Å². The van der Waals surface area contributed by atoms with Crippen molar-refractivity contribution in [1.29, 1.82) is 0 Å². The lowest BCUT2D eigenvalue weighted by molar-refractivity contribution is 0.102. The van der Waals surface area contributed by atoms with Gasteiger partial charge in [-0.25, -0.2) is 4.39 Å². The zero-order valence-corrected chi connectivity index (χ0v) is 18.9. The number of fused-ring (bicyclic) bond motifs is 2. The van der Waals surface area contributed by atoms with Crippen LogP contribution in [0.5, 0.6) is 0 Å². The number of alkyl halides is 1. The Balaban J connectivity index is 1.64. The maximum absolute atomic E-state index is 13.4. The highest BCUT2D eigenvalue weighted by Crippen LogP contribution is 2.27. The van der Waals surface area contributed by atoms with Crippen molar-refractivity contribution >= 4 is 44.7 Å². The van der Waals surface area contributed by atoms with E-state index in [2.05, 4.69) is 10.4 Å². The molecule has 0 atom stereocenters. The number of amides is 1. The van der Waals surface area contributed by atoms with Gasteiger partial charge in [0.2, 0.25) is 0 Å². The van der Waals surface area contributed by atoms with Crippen LogP contribution in [0.2, 0.25) is 0 Å². The molecule has 1 N–H and O–H groups in total. The number of thiophene rings is 1. The molecule has 2 aromatic carbocycles. The molecule has 0 spiro atoms. The molecular weight excluding hydrogens is 438 g/mol. The van der Waals surface area contributed by atoms with Crippen LogP contribution in [0.3, 0.4) is 0 Å². The fourth-order valence-electron chi connectivity index (χ4n) is 4.04. The Morgan fingerprint density at radius 3 is 2.64 bits per heavy atom. The van der Waals surface area contributed by atoms with Gasteiger partial charge in [0.25, 0.3) is 11.5 Å². The minimum Gasteiger partial charge on any atom is -0.325 e. The highest BCUT2D eigenvalue weighted by Gasteiger charge is 2.21. The van der Waals surface area contributed by atoms with E-state index in [1.807, 2.05) is 56.3 Å². The number of carbonyl (C=O) groups excluding carboxylic acids is 1. The van der Waals surface area contributed by atoms with E-state index in [1.54, 1.807) is 22.1 Å². The van der Waals surface area contributed by atoms with Crippen molar-refractivity contribution in [3.8, 4) is 5.69 Å².